The predicted molar refractivity (Wildman–Crippen MR) is 149 cm³/mol. The van der Waals surface area contributed by atoms with E-state index in [0.29, 0.717) is 34.8 Å². The molecule has 6 nitrogen and oxygen atoms in total. The van der Waals surface area contributed by atoms with Crippen LogP contribution >= 0.6 is 0 Å². The minimum Gasteiger partial charge on any atom is -0.342 e. The Morgan fingerprint density at radius 3 is 2.63 bits per heavy atom. The molecule has 6 heteroatoms. The number of hydrogen-bond acceptors (Lipinski definition) is 4. The Morgan fingerprint density at radius 1 is 1.16 bits per heavy atom. The summed E-state index contributed by atoms with van der Waals surface area (Å²) in [6, 6.07) is 8.99. The number of pyridine rings is 1. The van der Waals surface area contributed by atoms with Crippen molar-refractivity contribution in [2.45, 2.75) is 65.2 Å². The molecule has 1 saturated carbocycles. The van der Waals surface area contributed by atoms with E-state index in [2.05, 4.69) is 42.5 Å². The van der Waals surface area contributed by atoms with E-state index in [9.17, 15) is 14.9 Å². The Morgan fingerprint density at radius 2 is 1.92 bits per heavy atom. The van der Waals surface area contributed by atoms with Crippen LogP contribution in [0.25, 0.3) is 11.0 Å². The van der Waals surface area contributed by atoms with E-state index in [4.69, 9.17) is 4.98 Å². The van der Waals surface area contributed by atoms with Gasteiger partial charge in [0.05, 0.1) is 11.6 Å². The van der Waals surface area contributed by atoms with Crippen LogP contribution in [0, 0.1) is 36.0 Å². The zero-order chi connectivity index (χ0) is 27.0. The lowest BCUT2D eigenvalue weighted by Crippen LogP contribution is -2.42. The number of likely N-dealkylation sites (tertiary alicyclic amines) is 1. The number of benzene rings is 1. The quantitative estimate of drug-likeness (QED) is 0.384. The summed E-state index contributed by atoms with van der Waals surface area (Å²) in [5.41, 5.74) is 5.27. The molecule has 1 aromatic carbocycles. The minimum absolute atomic E-state index is 0.0118. The zero-order valence-corrected chi connectivity index (χ0v) is 23.0. The summed E-state index contributed by atoms with van der Waals surface area (Å²) in [5.74, 6) is 2.01. The SMILES string of the molecule is Cc1c(CC(=O)c2cccc(C#N)c2)cnc2c1c(C1CCN(C(=O)[C@@H]3CCC[C@@H]3C(C)C)CC1)cn2C. The van der Waals surface area contributed by atoms with Crippen molar-refractivity contribution in [3.8, 4) is 6.07 Å². The second kappa shape index (κ2) is 10.7. The molecule has 1 aliphatic carbocycles. The molecule has 5 rings (SSSR count). The normalized spacial score (nSPS) is 20.3. The number of nitrogens with zero attached hydrogens (tertiary/aromatic N) is 4. The average molecular weight is 511 g/mol. The van der Waals surface area contributed by atoms with Gasteiger partial charge in [-0.3, -0.25) is 9.59 Å². The molecule has 198 valence electrons. The van der Waals surface area contributed by atoms with E-state index in [-0.39, 0.29) is 18.1 Å². The third kappa shape index (κ3) is 4.87. The van der Waals surface area contributed by atoms with Gasteiger partial charge >= 0.3 is 0 Å². The first-order chi connectivity index (χ1) is 18.3. The van der Waals surface area contributed by atoms with Crippen LogP contribution in [0.4, 0.5) is 0 Å². The molecule has 0 N–H and O–H groups in total. The summed E-state index contributed by atoms with van der Waals surface area (Å²) in [5, 5.41) is 10.3. The van der Waals surface area contributed by atoms with Crippen molar-refractivity contribution in [2.75, 3.05) is 13.1 Å². The van der Waals surface area contributed by atoms with Crippen LogP contribution in [0.1, 0.15) is 84.5 Å². The van der Waals surface area contributed by atoms with Gasteiger partial charge in [0, 0.05) is 55.8 Å². The summed E-state index contributed by atoms with van der Waals surface area (Å²) in [6.45, 7) is 8.21. The molecule has 1 aliphatic heterocycles. The lowest BCUT2D eigenvalue weighted by molar-refractivity contribution is -0.138. The average Bonchev–Trinajstić information content (AvgIpc) is 3.55. The third-order valence-corrected chi connectivity index (χ3v) is 9.03. The molecule has 0 spiro atoms. The van der Waals surface area contributed by atoms with Crippen molar-refractivity contribution in [3.63, 3.8) is 0 Å². The van der Waals surface area contributed by atoms with Crippen molar-refractivity contribution in [1.82, 2.24) is 14.5 Å². The van der Waals surface area contributed by atoms with Gasteiger partial charge in [-0.25, -0.2) is 4.98 Å². The molecule has 3 aromatic rings. The first-order valence-corrected chi connectivity index (χ1v) is 14.0. The smallest absolute Gasteiger partial charge is 0.225 e. The zero-order valence-electron chi connectivity index (χ0n) is 23.0. The summed E-state index contributed by atoms with van der Waals surface area (Å²) in [4.78, 5) is 33.3. The number of carbonyl (C=O) groups excluding carboxylic acids is 2. The van der Waals surface area contributed by atoms with Gasteiger partial charge in [0.15, 0.2) is 5.78 Å². The molecule has 1 saturated heterocycles. The molecule has 2 atom stereocenters. The van der Waals surface area contributed by atoms with Crippen molar-refractivity contribution in [1.29, 1.82) is 5.26 Å². The molecular weight excluding hydrogens is 472 g/mol. The van der Waals surface area contributed by atoms with Gasteiger partial charge in [-0.15, -0.1) is 0 Å². The van der Waals surface area contributed by atoms with E-state index in [1.54, 1.807) is 24.3 Å². The second-order valence-electron chi connectivity index (χ2n) is 11.6. The van der Waals surface area contributed by atoms with Gasteiger partial charge in [-0.05, 0) is 79.2 Å². The highest BCUT2D eigenvalue weighted by Crippen LogP contribution is 2.40. The summed E-state index contributed by atoms with van der Waals surface area (Å²) >= 11 is 0. The fraction of sp³-hybridized carbons (Fsp3) is 0.500. The van der Waals surface area contributed by atoms with Crippen molar-refractivity contribution < 1.29 is 9.59 Å². The highest BCUT2D eigenvalue weighted by atomic mass is 16.2. The maximum atomic E-state index is 13.4. The van der Waals surface area contributed by atoms with E-state index in [1.807, 2.05) is 13.2 Å². The lowest BCUT2D eigenvalue weighted by Gasteiger charge is -2.35. The van der Waals surface area contributed by atoms with Crippen molar-refractivity contribution in [3.05, 3.63) is 64.5 Å². The molecule has 3 heterocycles. The number of carbonyl (C=O) groups is 2. The molecule has 2 aromatic heterocycles. The fourth-order valence-corrected chi connectivity index (χ4v) is 6.84. The number of aryl methyl sites for hydroxylation is 2. The van der Waals surface area contributed by atoms with Crippen LogP contribution in [0.5, 0.6) is 0 Å². The number of rotatable bonds is 6. The Kier molecular flexibility index (Phi) is 7.38. The van der Waals surface area contributed by atoms with Crippen LogP contribution in [0.2, 0.25) is 0 Å². The minimum atomic E-state index is -0.0118. The highest BCUT2D eigenvalue weighted by Gasteiger charge is 2.38. The largest absolute Gasteiger partial charge is 0.342 e. The number of Topliss-reactive ketones (excluding diaryl/α,β-unsaturated/α-hetero) is 1. The lowest BCUT2D eigenvalue weighted by atomic mass is 9.83. The van der Waals surface area contributed by atoms with Gasteiger partial charge in [0.25, 0.3) is 0 Å². The van der Waals surface area contributed by atoms with Gasteiger partial charge in [-0.2, -0.15) is 5.26 Å². The van der Waals surface area contributed by atoms with Gasteiger partial charge < -0.3 is 9.47 Å². The Labute approximate surface area is 225 Å². The van der Waals surface area contributed by atoms with Crippen LogP contribution < -0.4 is 0 Å². The first kappa shape index (κ1) is 26.2. The van der Waals surface area contributed by atoms with Gasteiger partial charge in [0.2, 0.25) is 5.91 Å². The van der Waals surface area contributed by atoms with Crippen molar-refractivity contribution >= 4 is 22.7 Å². The second-order valence-corrected chi connectivity index (χ2v) is 11.6. The highest BCUT2D eigenvalue weighted by molar-refractivity contribution is 5.98. The van der Waals surface area contributed by atoms with E-state index in [0.717, 1.165) is 54.5 Å². The Hall–Kier alpha value is -3.46. The van der Waals surface area contributed by atoms with Crippen LogP contribution in [-0.4, -0.2) is 39.2 Å². The Balaban J connectivity index is 1.34. The molecule has 2 fully saturated rings. The number of piperidine rings is 1. The van der Waals surface area contributed by atoms with Crippen LogP contribution in [-0.2, 0) is 18.3 Å². The number of nitriles is 1. The van der Waals surface area contributed by atoms with E-state index in [1.165, 1.54) is 18.4 Å². The summed E-state index contributed by atoms with van der Waals surface area (Å²) < 4.78 is 2.09. The van der Waals surface area contributed by atoms with Crippen molar-refractivity contribution in [2.24, 2.45) is 24.8 Å². The number of amides is 1. The number of aromatic nitrogens is 2. The number of hydrogen-bond donors (Lipinski definition) is 0. The maximum absolute atomic E-state index is 13.4. The van der Waals surface area contributed by atoms with E-state index >= 15 is 0 Å². The summed E-state index contributed by atoms with van der Waals surface area (Å²) in [6.07, 6.45) is 9.57. The van der Waals surface area contributed by atoms with Gasteiger partial charge in [-0.1, -0.05) is 32.4 Å². The third-order valence-electron chi connectivity index (χ3n) is 9.03. The monoisotopic (exact) mass is 510 g/mol. The van der Waals surface area contributed by atoms with Crippen LogP contribution in [0.15, 0.2) is 36.7 Å². The number of fused-ring (bicyclic) bond motifs is 1. The molecule has 2 aliphatic rings. The standard InChI is InChI=1S/C32H38N4O2/c1-20(2)26-9-6-10-27(26)32(38)36-13-11-23(12-14-36)28-19-35(4)31-30(28)21(3)25(18-34-31)16-29(37)24-8-5-7-22(15-24)17-33/h5,7-8,15,18-20,23,26-27H,6,9-14,16H2,1-4H3/t26-,27-/m1/s1. The topological polar surface area (TPSA) is 79.0 Å². The Bertz CT molecular complexity index is 1400. The summed E-state index contributed by atoms with van der Waals surface area (Å²) in [7, 11) is 2.03. The molecule has 0 bridgehead atoms. The molecule has 0 unspecified atom stereocenters. The van der Waals surface area contributed by atoms with Gasteiger partial charge in [0.1, 0.15) is 5.65 Å². The fourth-order valence-electron chi connectivity index (χ4n) is 6.84. The molecule has 1 amide bonds. The molecular formula is C32H38N4O2. The van der Waals surface area contributed by atoms with Crippen LogP contribution in [0.3, 0.4) is 0 Å². The molecule has 38 heavy (non-hydrogen) atoms. The maximum Gasteiger partial charge on any atom is 0.225 e. The number of ketones is 1. The van der Waals surface area contributed by atoms with E-state index < -0.39 is 0 Å². The molecule has 0 radical (unpaired) electrons. The first-order valence-electron chi connectivity index (χ1n) is 14.0. The predicted octanol–water partition coefficient (Wildman–Crippen LogP) is 5.96.